The minimum Gasteiger partial charge on any atom is -0.331 e. The quantitative estimate of drug-likeness (QED) is 0.719. The maximum atomic E-state index is 12.5. The molecule has 1 atom stereocenters. The molecule has 0 radical (unpaired) electrons. The van der Waals surface area contributed by atoms with Crippen LogP contribution in [0, 0.1) is 0 Å². The lowest BCUT2D eigenvalue weighted by Crippen LogP contribution is -2.38. The van der Waals surface area contributed by atoms with Crippen molar-refractivity contribution in [2.24, 2.45) is 0 Å². The number of para-hydroxylation sites is 1. The number of benzene rings is 2. The lowest BCUT2D eigenvalue weighted by Gasteiger charge is -2.21. The van der Waals surface area contributed by atoms with Gasteiger partial charge in [-0.25, -0.2) is 9.78 Å². The number of carbonyl (C=O) groups excluding carboxylic acids is 1. The van der Waals surface area contributed by atoms with Gasteiger partial charge in [-0.3, -0.25) is 0 Å². The van der Waals surface area contributed by atoms with Crippen molar-refractivity contribution >= 4 is 27.6 Å². The smallest absolute Gasteiger partial charge is 0.317 e. The van der Waals surface area contributed by atoms with Gasteiger partial charge in [-0.2, -0.15) is 0 Å². The predicted molar refractivity (Wildman–Crippen MR) is 104 cm³/mol. The number of aromatic nitrogens is 1. The maximum absolute atomic E-state index is 12.5. The third-order valence-corrected chi connectivity index (χ3v) is 5.31. The van der Waals surface area contributed by atoms with E-state index >= 15 is 0 Å². The van der Waals surface area contributed by atoms with Gasteiger partial charge in [-0.15, -0.1) is 11.3 Å². The molecule has 5 heteroatoms. The molecule has 130 valence electrons. The number of hydrogen-bond donors (Lipinski definition) is 1. The molecule has 3 rings (SSSR count). The maximum Gasteiger partial charge on any atom is 0.317 e. The number of rotatable bonds is 5. The second kappa shape index (κ2) is 7.66. The summed E-state index contributed by atoms with van der Waals surface area (Å²) in [6.07, 6.45) is 1.02. The molecule has 4 nitrogen and oxygen atoms in total. The van der Waals surface area contributed by atoms with Crippen molar-refractivity contribution in [3.63, 3.8) is 0 Å². The van der Waals surface area contributed by atoms with E-state index in [0.717, 1.165) is 27.2 Å². The fourth-order valence-corrected chi connectivity index (χ4v) is 3.70. The largest absolute Gasteiger partial charge is 0.331 e. The number of nitrogens with one attached hydrogen (secondary N) is 1. The molecule has 3 aromatic rings. The van der Waals surface area contributed by atoms with Gasteiger partial charge in [-0.1, -0.05) is 43.3 Å². The number of thiazole rings is 1. The van der Waals surface area contributed by atoms with Crippen LogP contribution >= 0.6 is 11.3 Å². The summed E-state index contributed by atoms with van der Waals surface area (Å²) in [5, 5.41) is 3.99. The van der Waals surface area contributed by atoms with Crippen LogP contribution in [-0.4, -0.2) is 23.0 Å². The van der Waals surface area contributed by atoms with Gasteiger partial charge in [0.25, 0.3) is 0 Å². The Morgan fingerprint density at radius 1 is 1.20 bits per heavy atom. The van der Waals surface area contributed by atoms with E-state index in [4.69, 9.17) is 0 Å². The van der Waals surface area contributed by atoms with Crippen LogP contribution in [0.2, 0.25) is 0 Å². The lowest BCUT2D eigenvalue weighted by atomic mass is 10.1. The van der Waals surface area contributed by atoms with Crippen LogP contribution in [0.5, 0.6) is 0 Å². The van der Waals surface area contributed by atoms with Crippen LogP contribution in [0.4, 0.5) is 4.79 Å². The molecule has 1 heterocycles. The van der Waals surface area contributed by atoms with Gasteiger partial charge in [0, 0.05) is 7.05 Å². The summed E-state index contributed by atoms with van der Waals surface area (Å²) in [6.45, 7) is 4.65. The first kappa shape index (κ1) is 17.4. The summed E-state index contributed by atoms with van der Waals surface area (Å²) in [4.78, 5) is 18.7. The van der Waals surface area contributed by atoms with Crippen LogP contribution in [0.1, 0.15) is 36.0 Å². The molecule has 2 aromatic carbocycles. The molecule has 0 fully saturated rings. The number of fused-ring (bicyclic) bond motifs is 1. The Hall–Kier alpha value is -2.40. The van der Waals surface area contributed by atoms with Crippen molar-refractivity contribution in [3.05, 3.63) is 64.7 Å². The summed E-state index contributed by atoms with van der Waals surface area (Å²) >= 11 is 1.63. The van der Waals surface area contributed by atoms with E-state index in [0.29, 0.717) is 6.54 Å². The Morgan fingerprint density at radius 2 is 1.92 bits per heavy atom. The Bertz CT molecular complexity index is 824. The standard InChI is InChI=1S/C20H23N3OS/c1-4-15-9-11-16(12-10-15)14(2)21-20(24)23(3)13-19-22-17-7-5-6-8-18(17)25-19/h5-12,14H,4,13H2,1-3H3,(H,21,24). The highest BCUT2D eigenvalue weighted by atomic mass is 32.1. The summed E-state index contributed by atoms with van der Waals surface area (Å²) in [6, 6.07) is 16.3. The zero-order valence-corrected chi connectivity index (χ0v) is 15.6. The second-order valence-corrected chi connectivity index (χ2v) is 7.31. The topological polar surface area (TPSA) is 45.2 Å². The van der Waals surface area contributed by atoms with Crippen LogP contribution in [-0.2, 0) is 13.0 Å². The second-order valence-electron chi connectivity index (χ2n) is 6.20. The summed E-state index contributed by atoms with van der Waals surface area (Å²) < 4.78 is 1.15. The molecule has 2 amide bonds. The number of urea groups is 1. The molecule has 0 spiro atoms. The van der Waals surface area contributed by atoms with Gasteiger partial charge in [0.05, 0.1) is 22.8 Å². The number of aryl methyl sites for hydroxylation is 1. The highest BCUT2D eigenvalue weighted by molar-refractivity contribution is 7.18. The van der Waals surface area contributed by atoms with E-state index in [1.807, 2.05) is 25.1 Å². The first-order chi connectivity index (χ1) is 12.1. The number of hydrogen-bond acceptors (Lipinski definition) is 3. The number of nitrogens with zero attached hydrogens (tertiary/aromatic N) is 2. The highest BCUT2D eigenvalue weighted by Gasteiger charge is 2.15. The van der Waals surface area contributed by atoms with Crippen molar-refractivity contribution < 1.29 is 4.79 Å². The first-order valence-electron chi connectivity index (χ1n) is 8.51. The van der Waals surface area contributed by atoms with Crippen molar-refractivity contribution in [1.29, 1.82) is 0 Å². The van der Waals surface area contributed by atoms with Crippen molar-refractivity contribution in [2.75, 3.05) is 7.05 Å². The van der Waals surface area contributed by atoms with Gasteiger partial charge >= 0.3 is 6.03 Å². The molecule has 0 bridgehead atoms. The molecule has 0 aliphatic carbocycles. The summed E-state index contributed by atoms with van der Waals surface area (Å²) in [5.41, 5.74) is 3.40. The van der Waals surface area contributed by atoms with Crippen molar-refractivity contribution in [3.8, 4) is 0 Å². The van der Waals surface area contributed by atoms with Crippen molar-refractivity contribution in [1.82, 2.24) is 15.2 Å². The Kier molecular flexibility index (Phi) is 5.34. The van der Waals surface area contributed by atoms with E-state index < -0.39 is 0 Å². The van der Waals surface area contributed by atoms with E-state index in [1.165, 1.54) is 5.56 Å². The first-order valence-corrected chi connectivity index (χ1v) is 9.33. The molecule has 25 heavy (non-hydrogen) atoms. The molecule has 1 N–H and O–H groups in total. The summed E-state index contributed by atoms with van der Waals surface area (Å²) in [7, 11) is 1.80. The van der Waals surface area contributed by atoms with E-state index in [2.05, 4.69) is 47.6 Å². The van der Waals surface area contributed by atoms with Gasteiger partial charge < -0.3 is 10.2 Å². The zero-order valence-electron chi connectivity index (χ0n) is 14.8. The minimum atomic E-state index is -0.0914. The molecule has 0 aliphatic rings. The molecule has 1 aromatic heterocycles. The third kappa shape index (κ3) is 4.17. The van der Waals surface area contributed by atoms with Gasteiger partial charge in [0.15, 0.2) is 0 Å². The molecular formula is C20H23N3OS. The average molecular weight is 353 g/mol. The Morgan fingerprint density at radius 3 is 2.60 bits per heavy atom. The lowest BCUT2D eigenvalue weighted by molar-refractivity contribution is 0.203. The fraction of sp³-hybridized carbons (Fsp3) is 0.300. The molecule has 0 saturated heterocycles. The number of carbonyl (C=O) groups is 1. The van der Waals surface area contributed by atoms with Gasteiger partial charge in [-0.05, 0) is 36.6 Å². The molecule has 0 aliphatic heterocycles. The van der Waals surface area contributed by atoms with Gasteiger partial charge in [0.1, 0.15) is 5.01 Å². The third-order valence-electron chi connectivity index (χ3n) is 4.29. The van der Waals surface area contributed by atoms with Crippen LogP contribution in [0.3, 0.4) is 0 Å². The summed E-state index contributed by atoms with van der Waals surface area (Å²) in [5.74, 6) is 0. The van der Waals surface area contributed by atoms with Crippen molar-refractivity contribution in [2.45, 2.75) is 32.9 Å². The van der Waals surface area contributed by atoms with E-state index in [-0.39, 0.29) is 12.1 Å². The Balaban J connectivity index is 1.61. The monoisotopic (exact) mass is 353 g/mol. The van der Waals surface area contributed by atoms with Crippen LogP contribution in [0.25, 0.3) is 10.2 Å². The van der Waals surface area contributed by atoms with Gasteiger partial charge in [0.2, 0.25) is 0 Å². The van der Waals surface area contributed by atoms with Crippen LogP contribution in [0.15, 0.2) is 48.5 Å². The zero-order chi connectivity index (χ0) is 17.8. The number of amides is 2. The van der Waals surface area contributed by atoms with Crippen LogP contribution < -0.4 is 5.32 Å². The fourth-order valence-electron chi connectivity index (χ4n) is 2.68. The molecule has 1 unspecified atom stereocenters. The normalized spacial score (nSPS) is 12.1. The predicted octanol–water partition coefficient (Wildman–Crippen LogP) is 4.76. The SMILES string of the molecule is CCc1ccc(C(C)NC(=O)N(C)Cc2nc3ccccc3s2)cc1. The molecular weight excluding hydrogens is 330 g/mol. The molecule has 0 saturated carbocycles. The van der Waals surface area contributed by atoms with E-state index in [9.17, 15) is 4.79 Å². The minimum absolute atomic E-state index is 0.0313. The Labute approximate surface area is 152 Å². The average Bonchev–Trinajstić information content (AvgIpc) is 3.03. The highest BCUT2D eigenvalue weighted by Crippen LogP contribution is 2.22. The van der Waals surface area contributed by atoms with E-state index in [1.54, 1.807) is 23.3 Å².